The fraction of sp³-hybridized carbons (Fsp3) is 0.900. The average Bonchev–Trinajstić information content (AvgIpc) is 2.63. The fourth-order valence-electron chi connectivity index (χ4n) is 2.88. The molecule has 1 heterocycles. The number of nitrogens with two attached hydrogens (primary N) is 1. The summed E-state index contributed by atoms with van der Waals surface area (Å²) in [7, 11) is 0. The lowest BCUT2D eigenvalue weighted by Crippen LogP contribution is -2.48. The van der Waals surface area contributed by atoms with Crippen molar-refractivity contribution in [3.05, 3.63) is 0 Å². The summed E-state index contributed by atoms with van der Waals surface area (Å²) in [5.41, 5.74) is 5.39. The minimum absolute atomic E-state index is 0.150. The third-order valence-electron chi connectivity index (χ3n) is 3.49. The van der Waals surface area contributed by atoms with Crippen LogP contribution in [-0.2, 0) is 4.79 Å². The summed E-state index contributed by atoms with van der Waals surface area (Å²) < 4.78 is 0. The predicted octanol–water partition coefficient (Wildman–Crippen LogP) is 0.736. The maximum atomic E-state index is 11.5. The van der Waals surface area contributed by atoms with Crippen LogP contribution in [-0.4, -0.2) is 29.9 Å². The van der Waals surface area contributed by atoms with E-state index in [4.69, 9.17) is 5.73 Å². The van der Waals surface area contributed by atoms with E-state index >= 15 is 0 Å². The van der Waals surface area contributed by atoms with Gasteiger partial charge in [-0.05, 0) is 31.6 Å². The number of likely N-dealkylation sites (tertiary alicyclic amines) is 1. The second-order valence-electron chi connectivity index (χ2n) is 4.19. The van der Waals surface area contributed by atoms with Crippen LogP contribution in [0.1, 0.15) is 32.1 Å². The van der Waals surface area contributed by atoms with Crippen LogP contribution in [0.4, 0.5) is 0 Å². The van der Waals surface area contributed by atoms with Crippen LogP contribution in [0.5, 0.6) is 0 Å². The van der Waals surface area contributed by atoms with Gasteiger partial charge in [-0.25, -0.2) is 0 Å². The highest BCUT2D eigenvalue weighted by Crippen LogP contribution is 2.36. The molecule has 2 N–H and O–H groups in total. The quantitative estimate of drug-likeness (QED) is 0.650. The van der Waals surface area contributed by atoms with Crippen LogP contribution in [0, 0.1) is 5.92 Å². The Morgan fingerprint density at radius 2 is 2.08 bits per heavy atom. The Morgan fingerprint density at radius 1 is 1.31 bits per heavy atom. The Labute approximate surface area is 79.3 Å². The number of rotatable bonds is 1. The van der Waals surface area contributed by atoms with Gasteiger partial charge in [0, 0.05) is 12.6 Å². The molecule has 0 aromatic heterocycles. The first-order valence-electron chi connectivity index (χ1n) is 5.32. The minimum Gasteiger partial charge on any atom is -0.338 e. The third kappa shape index (κ3) is 1.57. The van der Waals surface area contributed by atoms with Crippen molar-refractivity contribution in [2.75, 3.05) is 13.1 Å². The van der Waals surface area contributed by atoms with Crippen molar-refractivity contribution in [1.82, 2.24) is 4.90 Å². The van der Waals surface area contributed by atoms with Crippen molar-refractivity contribution in [1.29, 1.82) is 0 Å². The van der Waals surface area contributed by atoms with Gasteiger partial charge in [0.15, 0.2) is 0 Å². The zero-order chi connectivity index (χ0) is 9.26. The van der Waals surface area contributed by atoms with Gasteiger partial charge in [-0.3, -0.25) is 4.79 Å². The van der Waals surface area contributed by atoms with Crippen LogP contribution in [0.25, 0.3) is 0 Å². The number of hydrogen-bond acceptors (Lipinski definition) is 2. The molecule has 0 bridgehead atoms. The van der Waals surface area contributed by atoms with E-state index in [0.717, 1.165) is 12.5 Å². The highest BCUT2D eigenvalue weighted by Gasteiger charge is 2.36. The second kappa shape index (κ2) is 3.66. The number of hydrogen-bond donors (Lipinski definition) is 1. The monoisotopic (exact) mass is 182 g/mol. The summed E-state index contributed by atoms with van der Waals surface area (Å²) in [6, 6.07) is 0.532. The van der Waals surface area contributed by atoms with E-state index in [0.29, 0.717) is 6.04 Å². The van der Waals surface area contributed by atoms with E-state index in [1.54, 1.807) is 0 Å². The van der Waals surface area contributed by atoms with Crippen LogP contribution in [0.3, 0.4) is 0 Å². The van der Waals surface area contributed by atoms with Crippen molar-refractivity contribution in [3.8, 4) is 0 Å². The molecule has 3 nitrogen and oxygen atoms in total. The van der Waals surface area contributed by atoms with E-state index in [1.165, 1.54) is 32.1 Å². The number of amides is 1. The van der Waals surface area contributed by atoms with Crippen molar-refractivity contribution >= 4 is 5.91 Å². The standard InChI is InChI=1S/C10H18N2O/c11-7-10(13)12-6-2-4-8-3-1-5-9(8)12/h8-9H,1-7,11H2. The molecule has 13 heavy (non-hydrogen) atoms. The highest BCUT2D eigenvalue weighted by atomic mass is 16.2. The average molecular weight is 182 g/mol. The fourth-order valence-corrected chi connectivity index (χ4v) is 2.88. The Morgan fingerprint density at radius 3 is 2.85 bits per heavy atom. The Kier molecular flexibility index (Phi) is 2.54. The largest absolute Gasteiger partial charge is 0.338 e. The molecule has 2 unspecified atom stereocenters. The molecule has 3 heteroatoms. The summed E-state index contributed by atoms with van der Waals surface area (Å²) in [4.78, 5) is 13.5. The molecule has 0 aromatic rings. The Bertz CT molecular complexity index is 205. The summed E-state index contributed by atoms with van der Waals surface area (Å²) in [6.45, 7) is 1.13. The zero-order valence-electron chi connectivity index (χ0n) is 8.04. The molecule has 2 rings (SSSR count). The van der Waals surface area contributed by atoms with Crippen LogP contribution in [0.15, 0.2) is 0 Å². The molecule has 2 aliphatic rings. The number of fused-ring (bicyclic) bond motifs is 1. The lowest BCUT2D eigenvalue weighted by Gasteiger charge is -2.37. The molecule has 1 saturated heterocycles. The van der Waals surface area contributed by atoms with Gasteiger partial charge in [0.05, 0.1) is 6.54 Å². The Balaban J connectivity index is 2.05. The molecule has 0 spiro atoms. The van der Waals surface area contributed by atoms with E-state index in [1.807, 2.05) is 4.90 Å². The molecule has 2 fully saturated rings. The number of nitrogens with zero attached hydrogens (tertiary/aromatic N) is 1. The van der Waals surface area contributed by atoms with Gasteiger partial charge in [-0.2, -0.15) is 0 Å². The molecule has 0 radical (unpaired) electrons. The summed E-state index contributed by atoms with van der Waals surface area (Å²) in [5.74, 6) is 0.931. The smallest absolute Gasteiger partial charge is 0.236 e. The van der Waals surface area contributed by atoms with Crippen LogP contribution >= 0.6 is 0 Å². The second-order valence-corrected chi connectivity index (χ2v) is 4.19. The van der Waals surface area contributed by atoms with Crippen molar-refractivity contribution in [3.63, 3.8) is 0 Å². The molecule has 2 atom stereocenters. The number of piperidine rings is 1. The van der Waals surface area contributed by atoms with Gasteiger partial charge in [0.1, 0.15) is 0 Å². The molecule has 0 aromatic carbocycles. The highest BCUT2D eigenvalue weighted by molar-refractivity contribution is 5.78. The van der Waals surface area contributed by atoms with E-state index in [2.05, 4.69) is 0 Å². The van der Waals surface area contributed by atoms with E-state index < -0.39 is 0 Å². The summed E-state index contributed by atoms with van der Waals surface area (Å²) >= 11 is 0. The van der Waals surface area contributed by atoms with Gasteiger partial charge < -0.3 is 10.6 Å². The van der Waals surface area contributed by atoms with Crippen LogP contribution in [0.2, 0.25) is 0 Å². The zero-order valence-corrected chi connectivity index (χ0v) is 8.04. The molecule has 1 saturated carbocycles. The maximum Gasteiger partial charge on any atom is 0.236 e. The van der Waals surface area contributed by atoms with Crippen molar-refractivity contribution in [2.24, 2.45) is 11.7 Å². The van der Waals surface area contributed by atoms with Crippen molar-refractivity contribution < 1.29 is 4.79 Å². The van der Waals surface area contributed by atoms with Crippen molar-refractivity contribution in [2.45, 2.75) is 38.1 Å². The molecular formula is C10H18N2O. The molecule has 1 amide bonds. The number of carbonyl (C=O) groups excluding carboxylic acids is 1. The predicted molar refractivity (Wildman–Crippen MR) is 51.1 cm³/mol. The normalized spacial score (nSPS) is 33.2. The van der Waals surface area contributed by atoms with Crippen LogP contribution < -0.4 is 5.73 Å². The van der Waals surface area contributed by atoms with Gasteiger partial charge in [-0.1, -0.05) is 6.42 Å². The molecule has 1 aliphatic carbocycles. The third-order valence-corrected chi connectivity index (χ3v) is 3.49. The number of carbonyl (C=O) groups is 1. The first-order chi connectivity index (χ1) is 6.33. The van der Waals surface area contributed by atoms with E-state index in [9.17, 15) is 4.79 Å². The van der Waals surface area contributed by atoms with Gasteiger partial charge in [-0.15, -0.1) is 0 Å². The topological polar surface area (TPSA) is 46.3 Å². The summed E-state index contributed by atoms with van der Waals surface area (Å²) in [5, 5.41) is 0. The van der Waals surface area contributed by atoms with Gasteiger partial charge in [0.2, 0.25) is 5.91 Å². The van der Waals surface area contributed by atoms with Gasteiger partial charge in [0.25, 0.3) is 0 Å². The summed E-state index contributed by atoms with van der Waals surface area (Å²) in [6.07, 6.45) is 6.31. The SMILES string of the molecule is NCC(=O)N1CCCC2CCCC21. The minimum atomic E-state index is 0.150. The first kappa shape index (κ1) is 9.00. The lowest BCUT2D eigenvalue weighted by atomic mass is 9.92. The Hall–Kier alpha value is -0.570. The molecule has 1 aliphatic heterocycles. The molecular weight excluding hydrogens is 164 g/mol. The molecule has 74 valence electrons. The lowest BCUT2D eigenvalue weighted by molar-refractivity contribution is -0.134. The van der Waals surface area contributed by atoms with E-state index in [-0.39, 0.29) is 12.5 Å². The first-order valence-corrected chi connectivity index (χ1v) is 5.32. The maximum absolute atomic E-state index is 11.5. The van der Waals surface area contributed by atoms with Gasteiger partial charge >= 0.3 is 0 Å².